The Morgan fingerprint density at radius 3 is 1.21 bits per heavy atom. The molecule has 0 unspecified atom stereocenters. The zero-order valence-electron chi connectivity index (χ0n) is 26.0. The minimum atomic E-state index is -0.0298. The van der Waals surface area contributed by atoms with Crippen molar-refractivity contribution < 1.29 is 19.1 Å². The van der Waals surface area contributed by atoms with Crippen molar-refractivity contribution in [3.8, 4) is 11.5 Å². The predicted molar refractivity (Wildman–Crippen MR) is 170 cm³/mol. The minimum absolute atomic E-state index is 0.0298. The van der Waals surface area contributed by atoms with Crippen LogP contribution < -0.4 is 9.47 Å². The maximum atomic E-state index is 13.7. The van der Waals surface area contributed by atoms with Crippen molar-refractivity contribution in [1.29, 1.82) is 0 Å². The Hall–Kier alpha value is -2.70. The van der Waals surface area contributed by atoms with Gasteiger partial charge in [-0.15, -0.1) is 0 Å². The number of ketones is 2. The molecule has 0 bridgehead atoms. The predicted octanol–water partition coefficient (Wildman–Crippen LogP) is 7.31. The zero-order chi connectivity index (χ0) is 29.6. The van der Waals surface area contributed by atoms with E-state index in [0.717, 1.165) is 87.6 Å². The minimum Gasteiger partial charge on any atom is -0.497 e. The number of hydrogen-bond acceptors (Lipinski definition) is 6. The lowest BCUT2D eigenvalue weighted by Gasteiger charge is -2.27. The van der Waals surface area contributed by atoms with E-state index in [1.54, 1.807) is 14.2 Å². The van der Waals surface area contributed by atoms with E-state index in [-0.39, 0.29) is 23.4 Å². The SMILES string of the molecule is COc1ccc(C(=O)[C@H](CCCC[C@H](CN2CCCCCC2)C(=O)c2ccc(OC)cc2)CN2CCCCCC2)cc1. The zero-order valence-corrected chi connectivity index (χ0v) is 26.0. The summed E-state index contributed by atoms with van der Waals surface area (Å²) in [6.45, 7) is 5.99. The van der Waals surface area contributed by atoms with E-state index in [0.29, 0.717) is 0 Å². The van der Waals surface area contributed by atoms with Crippen LogP contribution in [0, 0.1) is 11.8 Å². The molecule has 2 fully saturated rings. The first-order valence-corrected chi connectivity index (χ1v) is 16.4. The first-order valence-electron chi connectivity index (χ1n) is 16.4. The highest BCUT2D eigenvalue weighted by Crippen LogP contribution is 2.25. The van der Waals surface area contributed by atoms with Gasteiger partial charge in [0.05, 0.1) is 14.2 Å². The van der Waals surface area contributed by atoms with Crippen LogP contribution in [-0.2, 0) is 0 Å². The smallest absolute Gasteiger partial charge is 0.167 e. The molecule has 0 aliphatic carbocycles. The van der Waals surface area contributed by atoms with Crippen LogP contribution in [0.15, 0.2) is 48.5 Å². The summed E-state index contributed by atoms with van der Waals surface area (Å²) in [7, 11) is 3.30. The molecule has 6 nitrogen and oxygen atoms in total. The number of nitrogens with zero attached hydrogens (tertiary/aromatic N) is 2. The highest BCUT2D eigenvalue weighted by Gasteiger charge is 2.26. The second-order valence-corrected chi connectivity index (χ2v) is 12.3. The lowest BCUT2D eigenvalue weighted by Crippen LogP contribution is -2.35. The average molecular weight is 577 g/mol. The number of benzene rings is 2. The number of likely N-dealkylation sites (tertiary alicyclic amines) is 2. The first kappa shape index (κ1) is 32.2. The van der Waals surface area contributed by atoms with E-state index in [2.05, 4.69) is 9.80 Å². The average Bonchev–Trinajstić information content (AvgIpc) is 3.46. The van der Waals surface area contributed by atoms with Crippen LogP contribution in [-0.4, -0.2) is 74.9 Å². The van der Waals surface area contributed by atoms with Crippen LogP contribution in [0.2, 0.25) is 0 Å². The third-order valence-electron chi connectivity index (χ3n) is 9.20. The van der Waals surface area contributed by atoms with Gasteiger partial charge in [-0.3, -0.25) is 9.59 Å². The summed E-state index contributed by atoms with van der Waals surface area (Å²) in [5.74, 6) is 1.95. The Kier molecular flexibility index (Phi) is 13.4. The normalized spacial score (nSPS) is 18.4. The molecule has 2 aliphatic heterocycles. The van der Waals surface area contributed by atoms with Gasteiger partial charge in [0, 0.05) is 36.1 Å². The van der Waals surface area contributed by atoms with Crippen molar-refractivity contribution in [2.45, 2.75) is 77.0 Å². The van der Waals surface area contributed by atoms with Gasteiger partial charge in [0.15, 0.2) is 11.6 Å². The molecule has 2 atom stereocenters. The van der Waals surface area contributed by atoms with E-state index in [4.69, 9.17) is 9.47 Å². The number of Topliss-reactive ketones (excluding diaryl/α,β-unsaturated/α-hetero) is 2. The Morgan fingerprint density at radius 1 is 0.571 bits per heavy atom. The standard InChI is InChI=1S/C36H52N2O4/c1-41-33-19-15-29(16-20-33)35(39)31(27-37-23-9-3-4-10-24-37)13-7-8-14-32(28-38-25-11-5-6-12-26-38)36(40)30-17-21-34(42-2)22-18-30/h15-22,31-32H,3-14,23-28H2,1-2H3/t31-,32-/m1/s1. The van der Waals surface area contributed by atoms with Crippen LogP contribution in [0.25, 0.3) is 0 Å². The molecule has 0 saturated carbocycles. The second-order valence-electron chi connectivity index (χ2n) is 12.3. The summed E-state index contributed by atoms with van der Waals surface area (Å²) in [5, 5.41) is 0. The second kappa shape index (κ2) is 17.4. The molecule has 2 aromatic carbocycles. The molecule has 4 rings (SSSR count). The number of hydrogen-bond donors (Lipinski definition) is 0. The maximum absolute atomic E-state index is 13.7. The largest absolute Gasteiger partial charge is 0.497 e. The van der Waals surface area contributed by atoms with Crippen LogP contribution in [0.5, 0.6) is 11.5 Å². The third-order valence-corrected chi connectivity index (χ3v) is 9.20. The van der Waals surface area contributed by atoms with E-state index in [1.165, 1.54) is 51.4 Å². The summed E-state index contributed by atoms with van der Waals surface area (Å²) in [5.41, 5.74) is 1.54. The molecule has 230 valence electrons. The van der Waals surface area contributed by atoms with Gasteiger partial charge in [0.1, 0.15) is 11.5 Å². The molecule has 2 saturated heterocycles. The Balaban J connectivity index is 1.41. The molecule has 0 N–H and O–H groups in total. The van der Waals surface area contributed by atoms with Gasteiger partial charge >= 0.3 is 0 Å². The fraction of sp³-hybridized carbons (Fsp3) is 0.611. The van der Waals surface area contributed by atoms with Crippen molar-refractivity contribution in [3.63, 3.8) is 0 Å². The lowest BCUT2D eigenvalue weighted by atomic mass is 9.88. The molecule has 2 aliphatic rings. The van der Waals surface area contributed by atoms with E-state index in [9.17, 15) is 9.59 Å². The van der Waals surface area contributed by atoms with Crippen molar-refractivity contribution >= 4 is 11.6 Å². The number of carbonyl (C=O) groups is 2. The number of methoxy groups -OCH3 is 2. The van der Waals surface area contributed by atoms with E-state index < -0.39 is 0 Å². The molecule has 0 radical (unpaired) electrons. The summed E-state index contributed by atoms with van der Waals surface area (Å²) >= 11 is 0. The van der Waals surface area contributed by atoms with Crippen LogP contribution in [0.3, 0.4) is 0 Å². The molecule has 2 aromatic rings. The number of unbranched alkanes of at least 4 members (excludes halogenated alkanes) is 1. The fourth-order valence-corrected chi connectivity index (χ4v) is 6.63. The highest BCUT2D eigenvalue weighted by molar-refractivity contribution is 5.98. The van der Waals surface area contributed by atoms with E-state index >= 15 is 0 Å². The van der Waals surface area contributed by atoms with Gasteiger partial charge in [0.25, 0.3) is 0 Å². The van der Waals surface area contributed by atoms with Crippen LogP contribution in [0.4, 0.5) is 0 Å². The van der Waals surface area contributed by atoms with Crippen molar-refractivity contribution in [1.82, 2.24) is 9.80 Å². The van der Waals surface area contributed by atoms with Crippen LogP contribution in [0.1, 0.15) is 97.8 Å². The van der Waals surface area contributed by atoms with Gasteiger partial charge in [0.2, 0.25) is 0 Å². The molecular weight excluding hydrogens is 524 g/mol. The number of carbonyl (C=O) groups excluding carboxylic acids is 2. The lowest BCUT2D eigenvalue weighted by molar-refractivity contribution is 0.0848. The van der Waals surface area contributed by atoms with Crippen molar-refractivity contribution in [3.05, 3.63) is 59.7 Å². The molecule has 42 heavy (non-hydrogen) atoms. The molecule has 0 aromatic heterocycles. The van der Waals surface area contributed by atoms with Gasteiger partial charge < -0.3 is 19.3 Å². The molecular formula is C36H52N2O4. The van der Waals surface area contributed by atoms with Crippen molar-refractivity contribution in [2.75, 3.05) is 53.5 Å². The molecule has 6 heteroatoms. The summed E-state index contributed by atoms with van der Waals surface area (Å²) < 4.78 is 10.6. The maximum Gasteiger partial charge on any atom is 0.167 e. The van der Waals surface area contributed by atoms with Gasteiger partial charge in [-0.2, -0.15) is 0 Å². The Bertz CT molecular complexity index is 981. The van der Waals surface area contributed by atoms with Gasteiger partial charge in [-0.1, -0.05) is 38.5 Å². The Labute approximate surface area is 253 Å². The topological polar surface area (TPSA) is 59.1 Å². The Morgan fingerprint density at radius 2 is 0.905 bits per heavy atom. The fourth-order valence-electron chi connectivity index (χ4n) is 6.63. The highest BCUT2D eigenvalue weighted by atomic mass is 16.5. The third kappa shape index (κ3) is 9.95. The van der Waals surface area contributed by atoms with E-state index in [1.807, 2.05) is 48.5 Å². The van der Waals surface area contributed by atoms with Crippen molar-refractivity contribution in [2.24, 2.45) is 11.8 Å². The summed E-state index contributed by atoms with van der Waals surface area (Å²) in [4.78, 5) is 32.5. The quantitative estimate of drug-likeness (QED) is 0.164. The first-order chi connectivity index (χ1) is 20.6. The molecule has 0 amide bonds. The summed E-state index contributed by atoms with van der Waals surface area (Å²) in [6, 6.07) is 15.1. The monoisotopic (exact) mass is 576 g/mol. The number of ether oxygens (including phenoxy) is 2. The van der Waals surface area contributed by atoms with Gasteiger partial charge in [-0.05, 0) is 113 Å². The molecule has 2 heterocycles. The van der Waals surface area contributed by atoms with Gasteiger partial charge in [-0.25, -0.2) is 0 Å². The van der Waals surface area contributed by atoms with Crippen LogP contribution >= 0.6 is 0 Å². The number of rotatable bonds is 15. The summed E-state index contributed by atoms with van der Waals surface area (Å²) in [6.07, 6.45) is 13.6. The molecule has 0 spiro atoms.